The molecule has 0 radical (unpaired) electrons. The number of hydrogen-bond donors (Lipinski definition) is 1. The van der Waals surface area contributed by atoms with Gasteiger partial charge >= 0.3 is 0 Å². The summed E-state index contributed by atoms with van der Waals surface area (Å²) in [7, 11) is 3.36. The first kappa shape index (κ1) is 18.8. The Kier molecular flexibility index (Phi) is 8.94. The van der Waals surface area contributed by atoms with Crippen molar-refractivity contribution in [1.82, 2.24) is 4.90 Å². The second-order valence-electron chi connectivity index (χ2n) is 5.58. The molecule has 4 heteroatoms. The van der Waals surface area contributed by atoms with Gasteiger partial charge in [-0.1, -0.05) is 38.8 Å². The molecular formula is C18H32N2O2. The fraction of sp³-hybridized carbons (Fsp3) is 0.667. The predicted octanol–water partition coefficient (Wildman–Crippen LogP) is 3.61. The van der Waals surface area contributed by atoms with E-state index in [1.807, 2.05) is 12.1 Å². The van der Waals surface area contributed by atoms with Crippen molar-refractivity contribution in [3.63, 3.8) is 0 Å². The maximum atomic E-state index is 6.13. The van der Waals surface area contributed by atoms with E-state index in [2.05, 4.69) is 24.8 Å². The molecule has 1 aromatic rings. The van der Waals surface area contributed by atoms with Gasteiger partial charge in [-0.25, -0.2) is 0 Å². The minimum Gasteiger partial charge on any atom is -0.493 e. The summed E-state index contributed by atoms with van der Waals surface area (Å²) in [5, 5.41) is 0. The van der Waals surface area contributed by atoms with Crippen LogP contribution in [0.5, 0.6) is 11.5 Å². The highest BCUT2D eigenvalue weighted by Gasteiger charge is 2.23. The zero-order chi connectivity index (χ0) is 16.4. The third-order valence-electron chi connectivity index (χ3n) is 4.05. The molecule has 0 saturated carbocycles. The molecule has 1 atom stereocenters. The van der Waals surface area contributed by atoms with Gasteiger partial charge in [-0.2, -0.15) is 0 Å². The van der Waals surface area contributed by atoms with Crippen LogP contribution < -0.4 is 15.2 Å². The molecule has 0 fully saturated rings. The molecule has 0 amide bonds. The van der Waals surface area contributed by atoms with E-state index >= 15 is 0 Å². The average molecular weight is 308 g/mol. The lowest BCUT2D eigenvalue weighted by Gasteiger charge is -2.32. The molecule has 22 heavy (non-hydrogen) atoms. The number of unbranched alkanes of at least 4 members (excludes halogenated alkanes) is 2. The van der Waals surface area contributed by atoms with Crippen LogP contribution in [0.3, 0.4) is 0 Å². The SMILES string of the molecule is CCCCN(CCCC)C(CN)c1cccc(OC)c1OC. The third-order valence-corrected chi connectivity index (χ3v) is 4.05. The molecule has 0 aromatic heterocycles. The fourth-order valence-electron chi connectivity index (χ4n) is 2.79. The highest BCUT2D eigenvalue weighted by molar-refractivity contribution is 5.48. The van der Waals surface area contributed by atoms with Crippen molar-refractivity contribution in [2.45, 2.75) is 45.6 Å². The first-order valence-electron chi connectivity index (χ1n) is 8.38. The molecule has 0 heterocycles. The molecule has 0 aliphatic rings. The van der Waals surface area contributed by atoms with E-state index in [1.54, 1.807) is 14.2 Å². The minimum absolute atomic E-state index is 0.170. The average Bonchev–Trinajstić information content (AvgIpc) is 2.56. The predicted molar refractivity (Wildman–Crippen MR) is 92.7 cm³/mol. The summed E-state index contributed by atoms with van der Waals surface area (Å²) in [5.74, 6) is 1.57. The van der Waals surface area contributed by atoms with Crippen LogP contribution in [-0.4, -0.2) is 38.8 Å². The summed E-state index contributed by atoms with van der Waals surface area (Å²) in [6.07, 6.45) is 4.75. The van der Waals surface area contributed by atoms with E-state index in [4.69, 9.17) is 15.2 Å². The van der Waals surface area contributed by atoms with Gasteiger partial charge < -0.3 is 15.2 Å². The Morgan fingerprint density at radius 3 is 2.14 bits per heavy atom. The molecule has 1 rings (SSSR count). The van der Waals surface area contributed by atoms with Gasteiger partial charge in [0.25, 0.3) is 0 Å². The molecule has 0 aliphatic heterocycles. The van der Waals surface area contributed by atoms with E-state index < -0.39 is 0 Å². The molecule has 0 spiro atoms. The Bertz CT molecular complexity index is 416. The summed E-state index contributed by atoms with van der Waals surface area (Å²) in [4.78, 5) is 2.49. The van der Waals surface area contributed by atoms with Gasteiger partial charge in [0, 0.05) is 12.1 Å². The standard InChI is InChI=1S/C18H32N2O2/c1-5-7-12-20(13-8-6-2)16(14-19)15-10-9-11-17(21-3)18(15)22-4/h9-11,16H,5-8,12-14,19H2,1-4H3. The second-order valence-corrected chi connectivity index (χ2v) is 5.58. The van der Waals surface area contributed by atoms with E-state index in [0.717, 1.165) is 30.2 Å². The lowest BCUT2D eigenvalue weighted by molar-refractivity contribution is 0.191. The monoisotopic (exact) mass is 308 g/mol. The van der Waals surface area contributed by atoms with Crippen LogP contribution in [0.4, 0.5) is 0 Å². The van der Waals surface area contributed by atoms with Crippen LogP contribution in [0.1, 0.15) is 51.1 Å². The zero-order valence-corrected chi connectivity index (χ0v) is 14.6. The smallest absolute Gasteiger partial charge is 0.165 e. The lowest BCUT2D eigenvalue weighted by Crippen LogP contribution is -2.35. The van der Waals surface area contributed by atoms with Gasteiger partial charge in [0.1, 0.15) is 0 Å². The van der Waals surface area contributed by atoms with E-state index in [-0.39, 0.29) is 6.04 Å². The molecule has 0 saturated heterocycles. The number of benzene rings is 1. The van der Waals surface area contributed by atoms with E-state index in [0.29, 0.717) is 6.54 Å². The number of methoxy groups -OCH3 is 2. The number of nitrogens with two attached hydrogens (primary N) is 1. The van der Waals surface area contributed by atoms with Gasteiger partial charge in [0.2, 0.25) is 0 Å². The normalized spacial score (nSPS) is 12.5. The highest BCUT2D eigenvalue weighted by atomic mass is 16.5. The van der Waals surface area contributed by atoms with Gasteiger partial charge in [0.15, 0.2) is 11.5 Å². The Morgan fingerprint density at radius 1 is 1.05 bits per heavy atom. The van der Waals surface area contributed by atoms with Crippen molar-refractivity contribution in [2.24, 2.45) is 5.73 Å². The molecule has 0 bridgehead atoms. The lowest BCUT2D eigenvalue weighted by atomic mass is 10.0. The molecular weight excluding hydrogens is 276 g/mol. The number of para-hydroxylation sites is 1. The third kappa shape index (κ3) is 4.89. The van der Waals surface area contributed by atoms with Gasteiger partial charge in [-0.3, -0.25) is 4.90 Å². The summed E-state index contributed by atoms with van der Waals surface area (Å²) in [5.41, 5.74) is 7.25. The van der Waals surface area contributed by atoms with E-state index in [1.165, 1.54) is 25.7 Å². The molecule has 2 N–H and O–H groups in total. The van der Waals surface area contributed by atoms with E-state index in [9.17, 15) is 0 Å². The van der Waals surface area contributed by atoms with Crippen molar-refractivity contribution in [2.75, 3.05) is 33.9 Å². The number of nitrogens with zero attached hydrogens (tertiary/aromatic N) is 1. The van der Waals surface area contributed by atoms with Gasteiger partial charge in [-0.05, 0) is 32.0 Å². The summed E-state index contributed by atoms with van der Waals surface area (Å²) in [6.45, 7) is 7.16. The molecule has 1 unspecified atom stereocenters. The fourth-order valence-corrected chi connectivity index (χ4v) is 2.79. The van der Waals surface area contributed by atoms with Crippen LogP contribution in [0.15, 0.2) is 18.2 Å². The van der Waals surface area contributed by atoms with Crippen LogP contribution >= 0.6 is 0 Å². The molecule has 1 aromatic carbocycles. The molecule has 4 nitrogen and oxygen atoms in total. The summed E-state index contributed by atoms with van der Waals surface area (Å²) >= 11 is 0. The minimum atomic E-state index is 0.170. The number of rotatable bonds is 11. The van der Waals surface area contributed by atoms with Crippen molar-refractivity contribution >= 4 is 0 Å². The highest BCUT2D eigenvalue weighted by Crippen LogP contribution is 2.36. The quantitative estimate of drug-likeness (QED) is 0.678. The van der Waals surface area contributed by atoms with Crippen LogP contribution in [0.25, 0.3) is 0 Å². The summed E-state index contributed by atoms with van der Waals surface area (Å²) < 4.78 is 11.0. The number of ether oxygens (including phenoxy) is 2. The van der Waals surface area contributed by atoms with Crippen LogP contribution in [0, 0.1) is 0 Å². The zero-order valence-electron chi connectivity index (χ0n) is 14.6. The van der Waals surface area contributed by atoms with Gasteiger partial charge in [0.05, 0.1) is 20.3 Å². The number of hydrogen-bond acceptors (Lipinski definition) is 4. The topological polar surface area (TPSA) is 47.7 Å². The first-order valence-corrected chi connectivity index (χ1v) is 8.38. The van der Waals surface area contributed by atoms with Crippen molar-refractivity contribution in [3.8, 4) is 11.5 Å². The molecule has 0 aliphatic carbocycles. The maximum Gasteiger partial charge on any atom is 0.165 e. The summed E-state index contributed by atoms with van der Waals surface area (Å²) in [6, 6.07) is 6.21. The Morgan fingerprint density at radius 2 is 1.68 bits per heavy atom. The van der Waals surface area contributed by atoms with Crippen molar-refractivity contribution in [1.29, 1.82) is 0 Å². The van der Waals surface area contributed by atoms with Crippen LogP contribution in [-0.2, 0) is 0 Å². The Balaban J connectivity index is 3.09. The second kappa shape index (κ2) is 10.5. The van der Waals surface area contributed by atoms with Crippen molar-refractivity contribution in [3.05, 3.63) is 23.8 Å². The van der Waals surface area contributed by atoms with Gasteiger partial charge in [-0.15, -0.1) is 0 Å². The van der Waals surface area contributed by atoms with Crippen molar-refractivity contribution < 1.29 is 9.47 Å². The first-order chi connectivity index (χ1) is 10.7. The van der Waals surface area contributed by atoms with Crippen LogP contribution in [0.2, 0.25) is 0 Å². The Hall–Kier alpha value is -1.26. The Labute approximate surface area is 135 Å². The largest absolute Gasteiger partial charge is 0.493 e. The molecule has 126 valence electrons. The maximum absolute atomic E-state index is 6.13.